The van der Waals surface area contributed by atoms with Crippen LogP contribution in [-0.2, 0) is 20.7 Å². The van der Waals surface area contributed by atoms with Crippen LogP contribution >= 0.6 is 0 Å². The van der Waals surface area contributed by atoms with E-state index in [1.807, 2.05) is 12.1 Å². The van der Waals surface area contributed by atoms with E-state index in [9.17, 15) is 14.7 Å². The Bertz CT molecular complexity index is 1970. The molecule has 0 aromatic heterocycles. The van der Waals surface area contributed by atoms with Crippen molar-refractivity contribution in [3.05, 3.63) is 125 Å². The number of phenols is 1. The number of amides is 2. The monoisotopic (exact) mass is 738 g/mol. The SMILES string of the molecule is O=C1CC[C@@H](Nc2ccc(C3CCN(C[C@H]4COC5(CCN(c6ccc([C@@H]7c8ccc(O)cc8CC[C@@H]7c7ccccc7)cc6)CC5)C4)CC3)cc2)C(=O)N1. The number of carbonyl (C=O) groups excluding carboxylic acids is 2. The number of ether oxygens (including phenoxy) is 1. The molecule has 4 aromatic rings. The van der Waals surface area contributed by atoms with E-state index in [-0.39, 0.29) is 29.4 Å². The maximum absolute atomic E-state index is 12.1. The summed E-state index contributed by atoms with van der Waals surface area (Å²) in [6, 6.07) is 34.5. The van der Waals surface area contributed by atoms with Gasteiger partial charge in [-0.25, -0.2) is 0 Å². The van der Waals surface area contributed by atoms with E-state index < -0.39 is 0 Å². The largest absolute Gasteiger partial charge is 0.508 e. The average molecular weight is 739 g/mol. The lowest BCUT2D eigenvalue weighted by atomic mass is 9.69. The number of carbonyl (C=O) groups is 2. The van der Waals surface area contributed by atoms with Gasteiger partial charge < -0.3 is 25.0 Å². The fourth-order valence-electron chi connectivity index (χ4n) is 10.4. The Hall–Kier alpha value is -4.66. The zero-order chi connectivity index (χ0) is 37.4. The summed E-state index contributed by atoms with van der Waals surface area (Å²) in [6.45, 7) is 6.29. The van der Waals surface area contributed by atoms with Crippen molar-refractivity contribution in [2.75, 3.05) is 49.5 Å². The summed E-state index contributed by atoms with van der Waals surface area (Å²) in [6.07, 6.45) is 8.63. The first kappa shape index (κ1) is 36.0. The van der Waals surface area contributed by atoms with E-state index in [0.29, 0.717) is 36.3 Å². The minimum absolute atomic E-state index is 0.0172. The highest BCUT2D eigenvalue weighted by Crippen LogP contribution is 2.47. The van der Waals surface area contributed by atoms with Gasteiger partial charge in [-0.1, -0.05) is 60.7 Å². The Labute approximate surface area is 325 Å². The van der Waals surface area contributed by atoms with Crippen LogP contribution in [0.2, 0.25) is 0 Å². The molecule has 4 aromatic carbocycles. The van der Waals surface area contributed by atoms with Crippen molar-refractivity contribution in [3.63, 3.8) is 0 Å². The Morgan fingerprint density at radius 1 is 0.782 bits per heavy atom. The zero-order valence-corrected chi connectivity index (χ0v) is 31.8. The third-order valence-corrected chi connectivity index (χ3v) is 13.5. The van der Waals surface area contributed by atoms with E-state index in [1.165, 1.54) is 39.9 Å². The molecule has 0 unspecified atom stereocenters. The number of nitrogens with one attached hydrogen (secondary N) is 2. The van der Waals surface area contributed by atoms with Crippen LogP contribution in [0.25, 0.3) is 0 Å². The minimum atomic E-state index is -0.353. The molecule has 9 rings (SSSR count). The smallest absolute Gasteiger partial charge is 0.249 e. The average Bonchev–Trinajstić information content (AvgIpc) is 3.60. The van der Waals surface area contributed by atoms with Crippen LogP contribution in [0.5, 0.6) is 5.75 Å². The first-order chi connectivity index (χ1) is 26.9. The Kier molecular flexibility index (Phi) is 10.1. The number of anilines is 2. The lowest BCUT2D eigenvalue weighted by Gasteiger charge is -2.40. The summed E-state index contributed by atoms with van der Waals surface area (Å²) in [5.74, 6) is 1.76. The second kappa shape index (κ2) is 15.5. The molecule has 3 N–H and O–H groups in total. The molecule has 8 heteroatoms. The number of hydrogen-bond donors (Lipinski definition) is 3. The lowest BCUT2D eigenvalue weighted by molar-refractivity contribution is -0.133. The maximum Gasteiger partial charge on any atom is 0.249 e. The molecular weight excluding hydrogens is 685 g/mol. The molecule has 4 fully saturated rings. The van der Waals surface area contributed by atoms with Crippen LogP contribution in [0.4, 0.5) is 11.4 Å². The molecule has 1 spiro atoms. The minimum Gasteiger partial charge on any atom is -0.508 e. The van der Waals surface area contributed by atoms with Crippen LogP contribution in [0.15, 0.2) is 97.1 Å². The van der Waals surface area contributed by atoms with Crippen molar-refractivity contribution in [1.29, 1.82) is 0 Å². The van der Waals surface area contributed by atoms with Gasteiger partial charge in [0.05, 0.1) is 12.2 Å². The van der Waals surface area contributed by atoms with Gasteiger partial charge in [-0.15, -0.1) is 0 Å². The summed E-state index contributed by atoms with van der Waals surface area (Å²) in [5.41, 5.74) is 8.97. The molecule has 0 saturated carbocycles. The second-order valence-corrected chi connectivity index (χ2v) is 16.9. The topological polar surface area (TPSA) is 94.1 Å². The van der Waals surface area contributed by atoms with Gasteiger partial charge in [-0.2, -0.15) is 0 Å². The summed E-state index contributed by atoms with van der Waals surface area (Å²) in [4.78, 5) is 28.8. The van der Waals surface area contributed by atoms with Crippen LogP contribution in [0.1, 0.15) is 96.9 Å². The summed E-state index contributed by atoms with van der Waals surface area (Å²) in [7, 11) is 0. The molecule has 286 valence electrons. The number of likely N-dealkylation sites (tertiary alicyclic amines) is 1. The quantitative estimate of drug-likeness (QED) is 0.160. The Morgan fingerprint density at radius 2 is 1.53 bits per heavy atom. The van der Waals surface area contributed by atoms with Gasteiger partial charge in [0.15, 0.2) is 0 Å². The molecule has 0 radical (unpaired) electrons. The normalized spacial score (nSPS) is 25.8. The molecule has 4 heterocycles. The van der Waals surface area contributed by atoms with Crippen molar-refractivity contribution in [3.8, 4) is 5.75 Å². The van der Waals surface area contributed by atoms with Crippen molar-refractivity contribution in [2.45, 2.75) is 87.2 Å². The lowest BCUT2D eigenvalue weighted by Crippen LogP contribution is -2.47. The number of nitrogens with zero attached hydrogens (tertiary/aromatic N) is 2. The number of hydrogen-bond acceptors (Lipinski definition) is 7. The first-order valence-corrected chi connectivity index (χ1v) is 20.7. The van der Waals surface area contributed by atoms with Crippen LogP contribution < -0.4 is 15.5 Å². The molecule has 5 aliphatic rings. The number of imide groups is 1. The van der Waals surface area contributed by atoms with Crippen molar-refractivity contribution in [1.82, 2.24) is 10.2 Å². The van der Waals surface area contributed by atoms with Crippen LogP contribution in [-0.4, -0.2) is 72.8 Å². The van der Waals surface area contributed by atoms with Crippen molar-refractivity contribution < 1.29 is 19.4 Å². The van der Waals surface area contributed by atoms with Crippen molar-refractivity contribution in [2.24, 2.45) is 5.92 Å². The number of aryl methyl sites for hydroxylation is 1. The number of benzene rings is 4. The Balaban J connectivity index is 0.759. The number of rotatable bonds is 8. The highest BCUT2D eigenvalue weighted by atomic mass is 16.5. The van der Waals surface area contributed by atoms with Gasteiger partial charge in [-0.05, 0) is 146 Å². The summed E-state index contributed by atoms with van der Waals surface area (Å²) < 4.78 is 6.66. The second-order valence-electron chi connectivity index (χ2n) is 16.9. The third-order valence-electron chi connectivity index (χ3n) is 13.5. The van der Waals surface area contributed by atoms with Crippen molar-refractivity contribution >= 4 is 23.2 Å². The first-order valence-electron chi connectivity index (χ1n) is 20.7. The number of phenolic OH excluding ortho intramolecular Hbond substituents is 1. The predicted molar refractivity (Wildman–Crippen MR) is 217 cm³/mol. The fourth-order valence-corrected chi connectivity index (χ4v) is 10.4. The molecular formula is C47H54N4O4. The molecule has 55 heavy (non-hydrogen) atoms. The number of aromatic hydroxyl groups is 1. The Morgan fingerprint density at radius 3 is 2.27 bits per heavy atom. The molecule has 4 aliphatic heterocycles. The van der Waals surface area contributed by atoms with Gasteiger partial charge in [-0.3, -0.25) is 14.9 Å². The van der Waals surface area contributed by atoms with E-state index >= 15 is 0 Å². The molecule has 1 aliphatic carbocycles. The highest BCUT2D eigenvalue weighted by Gasteiger charge is 2.43. The van der Waals surface area contributed by atoms with E-state index in [0.717, 1.165) is 83.5 Å². The fraction of sp³-hybridized carbons (Fsp3) is 0.447. The van der Waals surface area contributed by atoms with Crippen LogP contribution in [0.3, 0.4) is 0 Å². The molecule has 2 amide bonds. The summed E-state index contributed by atoms with van der Waals surface area (Å²) in [5, 5.41) is 16.0. The predicted octanol–water partition coefficient (Wildman–Crippen LogP) is 7.73. The van der Waals surface area contributed by atoms with Gasteiger partial charge in [0.25, 0.3) is 0 Å². The van der Waals surface area contributed by atoms with Gasteiger partial charge in [0.1, 0.15) is 11.8 Å². The molecule has 4 saturated heterocycles. The van der Waals surface area contributed by atoms with E-state index in [2.05, 4.69) is 105 Å². The standard InChI is InChI=1S/C47H54N4O4/c52-40-15-17-42-37(28-40)10-16-41(35-4-2-1-3-5-35)45(42)36-8-13-39(14-9-36)51-26-22-47(23-27-51)29-32(31-55-47)30-50-24-20-34(21-25-50)33-6-11-38(12-7-33)48-43-18-19-44(53)49-46(43)54/h1-9,11-15,17,28,32,34,41,43,45,48,52H,10,16,18-27,29-31H2,(H,49,53,54)/t32-,41+,43+,45-/m0/s1. The van der Waals surface area contributed by atoms with E-state index in [4.69, 9.17) is 4.74 Å². The number of piperidine rings is 3. The van der Waals surface area contributed by atoms with E-state index in [1.54, 1.807) is 0 Å². The molecule has 4 atom stereocenters. The summed E-state index contributed by atoms with van der Waals surface area (Å²) >= 11 is 0. The molecule has 0 bridgehead atoms. The molecule has 8 nitrogen and oxygen atoms in total. The third kappa shape index (κ3) is 7.76. The van der Waals surface area contributed by atoms with Gasteiger partial charge >= 0.3 is 0 Å². The van der Waals surface area contributed by atoms with Gasteiger partial charge in [0, 0.05) is 43.3 Å². The highest BCUT2D eigenvalue weighted by molar-refractivity contribution is 6.01. The van der Waals surface area contributed by atoms with Crippen LogP contribution in [0, 0.1) is 5.92 Å². The maximum atomic E-state index is 12.1. The number of fused-ring (bicyclic) bond motifs is 1. The van der Waals surface area contributed by atoms with Gasteiger partial charge in [0.2, 0.25) is 11.8 Å². The zero-order valence-electron chi connectivity index (χ0n) is 31.8.